The number of amides is 2. The second-order valence-electron chi connectivity index (χ2n) is 20.1. The van der Waals surface area contributed by atoms with Crippen LogP contribution in [-0.2, 0) is 56.8 Å². The van der Waals surface area contributed by atoms with Crippen molar-refractivity contribution >= 4 is 12.2 Å². The molecule has 0 aromatic carbocycles. The van der Waals surface area contributed by atoms with E-state index < -0.39 is 242 Å². The molecule has 0 saturated carbocycles. The van der Waals surface area contributed by atoms with Crippen LogP contribution in [0.2, 0.25) is 0 Å². The van der Waals surface area contributed by atoms with Gasteiger partial charge in [-0.3, -0.25) is 0 Å². The van der Waals surface area contributed by atoms with Crippen molar-refractivity contribution in [1.29, 1.82) is 0 Å². The summed E-state index contributed by atoms with van der Waals surface area (Å²) in [7, 11) is 0. The maximum atomic E-state index is 11.9. The minimum atomic E-state index is -2.85. The fraction of sp³-hybridized carbons (Fsp3) is 0.956. The zero-order chi connectivity index (χ0) is 61.3. The van der Waals surface area contributed by atoms with Crippen molar-refractivity contribution in [1.82, 2.24) is 10.6 Å². The molecule has 0 radical (unpaired) electrons. The highest BCUT2D eigenvalue weighted by atomic mass is 16.8. The molecule has 2 amide bonds. The molecule has 6 aliphatic rings. The van der Waals surface area contributed by atoms with Crippen LogP contribution in [0.1, 0.15) is 26.7 Å². The lowest BCUT2D eigenvalue weighted by atomic mass is 9.93. The molecule has 6 fully saturated rings. The number of hydrogen-bond donors (Lipinski definition) is 23. The molecule has 6 saturated heterocycles. The molecule has 0 aliphatic carbocycles. The average Bonchev–Trinajstić information content (AvgIpc) is 4.10. The number of carbonyl (C=O) groups excluding carboxylic acids is 2. The summed E-state index contributed by atoms with van der Waals surface area (Å²) in [6.07, 6.45) is -38.1. The highest BCUT2D eigenvalue weighted by Gasteiger charge is 2.65. The van der Waals surface area contributed by atoms with E-state index in [9.17, 15) is 117 Å². The van der Waals surface area contributed by atoms with Gasteiger partial charge in [0.1, 0.15) is 168 Å². The Morgan fingerprint density at radius 3 is 1.21 bits per heavy atom. The fourth-order valence-electron chi connectivity index (χ4n) is 9.36. The van der Waals surface area contributed by atoms with Gasteiger partial charge in [-0.1, -0.05) is 13.8 Å². The normalized spacial score (nSPS) is 45.6. The van der Waals surface area contributed by atoms with Gasteiger partial charge in [-0.15, -0.1) is 0 Å². The molecule has 37 nitrogen and oxygen atoms in total. The number of aliphatic hydroxyl groups excluding tert-OH is 20. The predicted molar refractivity (Wildman–Crippen MR) is 254 cm³/mol. The maximum Gasteiger partial charge on any atom is 0.407 e. The topological polar surface area (TPSA) is 594 Å². The van der Waals surface area contributed by atoms with Crippen molar-refractivity contribution in [3.05, 3.63) is 0 Å². The van der Waals surface area contributed by atoms with Crippen LogP contribution >= 0.6 is 0 Å². The molecule has 23 N–H and O–H groups in total. The van der Waals surface area contributed by atoms with Gasteiger partial charge in [0, 0.05) is 13.1 Å². The predicted octanol–water partition coefficient (Wildman–Crippen LogP) is -13.5. The quantitative estimate of drug-likeness (QED) is 0.0404. The third-order valence-corrected chi connectivity index (χ3v) is 14.4. The molecular formula is C45H80N2O35. The maximum absolute atomic E-state index is 11.9. The zero-order valence-electron chi connectivity index (χ0n) is 44.3. The molecule has 26 atom stereocenters. The first kappa shape index (κ1) is 70.1. The van der Waals surface area contributed by atoms with Crippen molar-refractivity contribution < 1.29 is 174 Å². The number of ether oxygens (including phenoxy) is 12. The van der Waals surface area contributed by atoms with Gasteiger partial charge in [-0.25, -0.2) is 9.59 Å². The lowest BCUT2D eigenvalue weighted by molar-refractivity contribution is -0.399. The number of alkyl carbamates (subject to hydrolysis) is 2. The summed E-state index contributed by atoms with van der Waals surface area (Å²) in [5, 5.41) is 219. The third-order valence-electron chi connectivity index (χ3n) is 14.4. The first-order valence-corrected chi connectivity index (χ1v) is 26.0. The molecule has 8 unspecified atom stereocenters. The van der Waals surface area contributed by atoms with E-state index in [2.05, 4.69) is 10.6 Å². The van der Waals surface area contributed by atoms with Crippen molar-refractivity contribution in [2.24, 2.45) is 0 Å². The SMILES string of the molecule is CCCNC(=O)OC[C@H]1O[C@@](CO[C@]2(CO)O[C@H](CO)[C@H](O)C2O)(OC[C@@]2(O)OC(CO)[C@@H](O)[C@H](O)C2O)C(O)[C@H]1O.CCCNC(=O)OC[C@H]1O[C@@](CO[C@]2(CO)O[C@H](CO)[C@H](O)C2O)(O[C@H]2OC(CO)[C@@H](O)[C@H](O)C2O)C(O)[C@H]1O. The van der Waals surface area contributed by atoms with Gasteiger partial charge in [0.25, 0.3) is 0 Å². The van der Waals surface area contributed by atoms with Crippen LogP contribution in [0, 0.1) is 0 Å². The number of aliphatic hydroxyl groups is 21. The summed E-state index contributed by atoms with van der Waals surface area (Å²) < 4.78 is 64.7. The van der Waals surface area contributed by atoms with Crippen LogP contribution in [0.25, 0.3) is 0 Å². The van der Waals surface area contributed by atoms with E-state index in [-0.39, 0.29) is 6.54 Å². The van der Waals surface area contributed by atoms with Crippen molar-refractivity contribution in [3.8, 4) is 0 Å². The van der Waals surface area contributed by atoms with Crippen LogP contribution < -0.4 is 10.6 Å². The largest absolute Gasteiger partial charge is 0.447 e. The molecule has 82 heavy (non-hydrogen) atoms. The van der Waals surface area contributed by atoms with Crippen molar-refractivity contribution in [3.63, 3.8) is 0 Å². The smallest absolute Gasteiger partial charge is 0.407 e. The van der Waals surface area contributed by atoms with Gasteiger partial charge in [-0.2, -0.15) is 0 Å². The van der Waals surface area contributed by atoms with Crippen molar-refractivity contribution in [2.75, 3.05) is 85.8 Å². The van der Waals surface area contributed by atoms with Gasteiger partial charge in [0.2, 0.25) is 28.9 Å². The molecule has 0 aromatic heterocycles. The molecule has 0 bridgehead atoms. The third kappa shape index (κ3) is 14.8. The highest BCUT2D eigenvalue weighted by Crippen LogP contribution is 2.42. The van der Waals surface area contributed by atoms with Gasteiger partial charge in [0.05, 0.1) is 26.4 Å². The van der Waals surface area contributed by atoms with Gasteiger partial charge in [0.15, 0.2) is 6.29 Å². The lowest BCUT2D eigenvalue weighted by Crippen LogP contribution is -2.68. The average molecular weight is 1210 g/mol. The van der Waals surface area contributed by atoms with Crippen LogP contribution in [0.5, 0.6) is 0 Å². The molecule has 480 valence electrons. The van der Waals surface area contributed by atoms with Crippen LogP contribution in [-0.4, -0.2) is 362 Å². The Balaban J connectivity index is 0.000000301. The van der Waals surface area contributed by atoms with E-state index in [1.54, 1.807) is 13.8 Å². The number of hydrogen-bond acceptors (Lipinski definition) is 35. The standard InChI is InChI=1S/C23H41NO18.C22H39NO17/c1-2-3-24-20(35)37-6-12-15(30)19(34)23(42-12,9-39-22(7-27)18(33)14(29)11(5-26)41-22)38-8-21(36)17(32)16(31)13(28)10(4-25)40-21;1-2-3-23-20(34)35-6-11-14(29)18(33)22(39-11,40-19-16(31)15(30)12(27)9(4-24)37-19)8-36-21(7-26)17(32)13(28)10(5-25)38-21/h10-19,25-34,36H,2-9H2,1H3,(H,24,35);9-19,24-33H,2-8H2,1H3,(H,23,34)/t10?,11-,12-,13-,14+,15+,16+,17?,18?,19?,21-,22-,23-;9?,10-,11-,12-,13+,14+,15+,16?,17?,18?,19-,21-,22+/m11/s1. The molecule has 37 heteroatoms. The van der Waals surface area contributed by atoms with Crippen LogP contribution in [0.3, 0.4) is 0 Å². The summed E-state index contributed by atoms with van der Waals surface area (Å²) in [6.45, 7) is -5.82. The highest BCUT2D eigenvalue weighted by molar-refractivity contribution is 5.67. The molecule has 0 spiro atoms. The van der Waals surface area contributed by atoms with Gasteiger partial charge < -0.3 is 175 Å². The Morgan fingerprint density at radius 2 is 0.780 bits per heavy atom. The molecule has 0 aromatic rings. The van der Waals surface area contributed by atoms with Gasteiger partial charge in [-0.05, 0) is 12.8 Å². The summed E-state index contributed by atoms with van der Waals surface area (Å²) in [6, 6.07) is 0. The second-order valence-corrected chi connectivity index (χ2v) is 20.1. The van der Waals surface area contributed by atoms with Crippen LogP contribution in [0.4, 0.5) is 9.59 Å². The minimum absolute atomic E-state index is 0.277. The number of rotatable bonds is 25. The summed E-state index contributed by atoms with van der Waals surface area (Å²) in [5.74, 6) is -12.8. The van der Waals surface area contributed by atoms with Gasteiger partial charge >= 0.3 is 12.2 Å². The number of carbonyl (C=O) groups is 2. The van der Waals surface area contributed by atoms with E-state index in [1.807, 2.05) is 0 Å². The zero-order valence-corrected chi connectivity index (χ0v) is 44.3. The first-order chi connectivity index (χ1) is 38.6. The Hall–Kier alpha value is -2.70. The Labute approximate surface area is 465 Å². The Morgan fingerprint density at radius 1 is 0.415 bits per heavy atom. The van der Waals surface area contributed by atoms with Crippen LogP contribution in [0.15, 0.2) is 0 Å². The van der Waals surface area contributed by atoms with E-state index in [0.29, 0.717) is 19.4 Å². The number of nitrogens with one attached hydrogen (secondary N) is 2. The van der Waals surface area contributed by atoms with E-state index in [0.717, 1.165) is 0 Å². The van der Waals surface area contributed by atoms with E-state index in [4.69, 9.17) is 56.8 Å². The Kier molecular flexibility index (Phi) is 25.5. The molecule has 6 heterocycles. The Bertz CT molecular complexity index is 1970. The van der Waals surface area contributed by atoms with E-state index >= 15 is 0 Å². The summed E-state index contributed by atoms with van der Waals surface area (Å²) >= 11 is 0. The minimum Gasteiger partial charge on any atom is -0.447 e. The monoisotopic (exact) mass is 1210 g/mol. The second kappa shape index (κ2) is 29.8. The lowest BCUT2D eigenvalue weighted by Gasteiger charge is -2.46. The first-order valence-electron chi connectivity index (χ1n) is 26.0. The molecule has 6 aliphatic heterocycles. The van der Waals surface area contributed by atoms with Crippen molar-refractivity contribution in [2.45, 2.75) is 184 Å². The van der Waals surface area contributed by atoms with E-state index in [1.165, 1.54) is 0 Å². The summed E-state index contributed by atoms with van der Waals surface area (Å²) in [4.78, 5) is 23.8. The summed E-state index contributed by atoms with van der Waals surface area (Å²) in [5.41, 5.74) is 0. The molecular weight excluding hydrogens is 1130 g/mol. The molecule has 6 rings (SSSR count). The fourth-order valence-corrected chi connectivity index (χ4v) is 9.36.